The quantitative estimate of drug-likeness (QED) is 0.443. The minimum absolute atomic E-state index is 0.235. The third-order valence-corrected chi connectivity index (χ3v) is 6.69. The highest BCUT2D eigenvalue weighted by molar-refractivity contribution is 7.92. The smallest absolute Gasteiger partial charge is 0.261 e. The van der Waals surface area contributed by atoms with Gasteiger partial charge in [-0.05, 0) is 55.0 Å². The maximum absolute atomic E-state index is 13.4. The Labute approximate surface area is 180 Å². The Morgan fingerprint density at radius 1 is 1.00 bits per heavy atom. The van der Waals surface area contributed by atoms with Gasteiger partial charge in [0.2, 0.25) is 0 Å². The molecule has 2 N–H and O–H groups in total. The van der Waals surface area contributed by atoms with Gasteiger partial charge in [-0.2, -0.15) is 0 Å². The van der Waals surface area contributed by atoms with Crippen molar-refractivity contribution in [2.75, 3.05) is 10.0 Å². The Bertz CT molecular complexity index is 1400. The van der Waals surface area contributed by atoms with E-state index < -0.39 is 26.6 Å². The summed E-state index contributed by atoms with van der Waals surface area (Å²) in [6.07, 6.45) is 0. The summed E-state index contributed by atoms with van der Waals surface area (Å²) in [6.45, 7) is 1.75. The maximum Gasteiger partial charge on any atom is 0.261 e. The summed E-state index contributed by atoms with van der Waals surface area (Å²) in [7, 11) is -4.13. The van der Waals surface area contributed by atoms with Crippen LogP contribution in [0.1, 0.15) is 15.9 Å². The van der Waals surface area contributed by atoms with Crippen molar-refractivity contribution < 1.29 is 22.0 Å². The molecule has 4 aromatic rings. The number of amides is 1. The van der Waals surface area contributed by atoms with E-state index in [1.165, 1.54) is 11.3 Å². The second-order valence-corrected chi connectivity index (χ2v) is 9.37. The molecule has 31 heavy (non-hydrogen) atoms. The van der Waals surface area contributed by atoms with Crippen LogP contribution in [0, 0.1) is 18.6 Å². The van der Waals surface area contributed by atoms with Gasteiger partial charge in [-0.1, -0.05) is 29.5 Å². The second-order valence-electron chi connectivity index (χ2n) is 6.66. The zero-order valence-electron chi connectivity index (χ0n) is 16.0. The van der Waals surface area contributed by atoms with Gasteiger partial charge >= 0.3 is 0 Å². The van der Waals surface area contributed by atoms with Crippen LogP contribution in [-0.2, 0) is 10.0 Å². The molecule has 0 saturated carbocycles. The fraction of sp³-hybridized carbons (Fsp3) is 0.0476. The average Bonchev–Trinajstić information content (AvgIpc) is 3.13. The van der Waals surface area contributed by atoms with Crippen molar-refractivity contribution in [3.8, 4) is 0 Å². The van der Waals surface area contributed by atoms with Crippen molar-refractivity contribution in [3.05, 3.63) is 83.4 Å². The maximum atomic E-state index is 13.4. The predicted molar refractivity (Wildman–Crippen MR) is 116 cm³/mol. The number of rotatable bonds is 5. The second kappa shape index (κ2) is 8.05. The number of carbonyl (C=O) groups excluding carboxylic acids is 1. The number of hydrogen-bond donors (Lipinski definition) is 2. The van der Waals surface area contributed by atoms with Gasteiger partial charge in [0.25, 0.3) is 15.9 Å². The van der Waals surface area contributed by atoms with Crippen LogP contribution in [0.15, 0.2) is 65.6 Å². The summed E-state index contributed by atoms with van der Waals surface area (Å²) < 4.78 is 54.7. The fourth-order valence-corrected chi connectivity index (χ4v) is 4.96. The third kappa shape index (κ3) is 4.39. The number of anilines is 2. The lowest BCUT2D eigenvalue weighted by Crippen LogP contribution is -2.13. The van der Waals surface area contributed by atoms with Crippen molar-refractivity contribution in [1.82, 2.24) is 4.98 Å². The molecule has 0 bridgehead atoms. The third-order valence-electron chi connectivity index (χ3n) is 4.40. The van der Waals surface area contributed by atoms with Crippen LogP contribution in [0.4, 0.5) is 19.6 Å². The molecule has 3 aromatic carbocycles. The zero-order valence-corrected chi connectivity index (χ0v) is 17.7. The summed E-state index contributed by atoms with van der Waals surface area (Å²) in [5.41, 5.74) is 2.01. The first-order valence-electron chi connectivity index (χ1n) is 8.98. The zero-order chi connectivity index (χ0) is 22.2. The number of aryl methyl sites for hydroxylation is 1. The molecule has 0 fully saturated rings. The van der Waals surface area contributed by atoms with Crippen molar-refractivity contribution in [1.29, 1.82) is 0 Å². The molecule has 0 spiro atoms. The molecule has 0 unspecified atom stereocenters. The standard InChI is InChI=1S/C21H15F2N3O3S2/c1-12-9-14(26-31(28,29)15-7-8-16(22)17(23)11-15)10-18-19(12)24-21(30-18)25-20(27)13-5-3-2-4-6-13/h2-11,26H,1H3,(H,24,25,27). The van der Waals surface area contributed by atoms with Crippen molar-refractivity contribution in [2.24, 2.45) is 0 Å². The van der Waals surface area contributed by atoms with E-state index in [-0.39, 0.29) is 11.6 Å². The van der Waals surface area contributed by atoms with Crippen LogP contribution in [0.25, 0.3) is 10.2 Å². The molecule has 1 heterocycles. The molecule has 10 heteroatoms. The fourth-order valence-electron chi connectivity index (χ4n) is 2.93. The summed E-state index contributed by atoms with van der Waals surface area (Å²) in [5, 5.41) is 3.10. The largest absolute Gasteiger partial charge is 0.298 e. The first-order valence-corrected chi connectivity index (χ1v) is 11.3. The number of nitrogens with one attached hydrogen (secondary N) is 2. The van der Waals surface area contributed by atoms with Gasteiger partial charge in [0.15, 0.2) is 16.8 Å². The number of aromatic nitrogens is 1. The van der Waals surface area contributed by atoms with Gasteiger partial charge in [0.05, 0.1) is 20.8 Å². The number of sulfonamides is 1. The molecule has 0 saturated heterocycles. The lowest BCUT2D eigenvalue weighted by Gasteiger charge is -2.09. The molecule has 0 aliphatic carbocycles. The monoisotopic (exact) mass is 459 g/mol. The van der Waals surface area contributed by atoms with E-state index in [0.29, 0.717) is 32.5 Å². The Morgan fingerprint density at radius 2 is 1.74 bits per heavy atom. The minimum Gasteiger partial charge on any atom is -0.298 e. The topological polar surface area (TPSA) is 88.2 Å². The summed E-state index contributed by atoms with van der Waals surface area (Å²) in [6, 6.07) is 14.2. The van der Waals surface area contributed by atoms with Crippen LogP contribution < -0.4 is 10.0 Å². The van der Waals surface area contributed by atoms with Crippen LogP contribution in [0.5, 0.6) is 0 Å². The molecule has 0 aliphatic rings. The van der Waals surface area contributed by atoms with Crippen LogP contribution >= 0.6 is 11.3 Å². The van der Waals surface area contributed by atoms with Gasteiger partial charge in [0, 0.05) is 5.56 Å². The van der Waals surface area contributed by atoms with Gasteiger partial charge in [-0.15, -0.1) is 0 Å². The van der Waals surface area contributed by atoms with Crippen molar-refractivity contribution in [2.45, 2.75) is 11.8 Å². The van der Waals surface area contributed by atoms with Gasteiger partial charge in [0.1, 0.15) is 0 Å². The molecule has 0 radical (unpaired) electrons. The number of thiazole rings is 1. The molecular formula is C21H15F2N3O3S2. The minimum atomic E-state index is -4.13. The first kappa shape index (κ1) is 20.9. The normalized spacial score (nSPS) is 11.5. The Hall–Kier alpha value is -3.37. The Balaban J connectivity index is 1.61. The van der Waals surface area contributed by atoms with Gasteiger partial charge < -0.3 is 0 Å². The summed E-state index contributed by atoms with van der Waals surface area (Å²) >= 11 is 1.19. The first-order chi connectivity index (χ1) is 14.7. The molecule has 0 aliphatic heterocycles. The molecule has 1 amide bonds. The van der Waals surface area contributed by atoms with E-state index in [2.05, 4.69) is 15.0 Å². The highest BCUT2D eigenvalue weighted by atomic mass is 32.2. The van der Waals surface area contributed by atoms with Crippen molar-refractivity contribution >= 4 is 48.3 Å². The van der Waals surface area contributed by atoms with Crippen LogP contribution in [-0.4, -0.2) is 19.3 Å². The highest BCUT2D eigenvalue weighted by Crippen LogP contribution is 2.32. The molecular weight excluding hydrogens is 444 g/mol. The summed E-state index contributed by atoms with van der Waals surface area (Å²) in [5.74, 6) is -2.70. The predicted octanol–water partition coefficient (Wildman–Crippen LogP) is 4.94. The molecule has 6 nitrogen and oxygen atoms in total. The molecule has 4 rings (SSSR count). The van der Waals surface area contributed by atoms with E-state index in [1.54, 1.807) is 49.4 Å². The van der Waals surface area contributed by atoms with Gasteiger partial charge in [-0.3, -0.25) is 14.8 Å². The van der Waals surface area contributed by atoms with Gasteiger partial charge in [-0.25, -0.2) is 22.2 Å². The van der Waals surface area contributed by atoms with E-state index >= 15 is 0 Å². The molecule has 1 aromatic heterocycles. The number of carbonyl (C=O) groups is 1. The number of benzene rings is 3. The number of nitrogens with zero attached hydrogens (tertiary/aromatic N) is 1. The average molecular weight is 459 g/mol. The Morgan fingerprint density at radius 3 is 2.45 bits per heavy atom. The molecule has 158 valence electrons. The Kier molecular flexibility index (Phi) is 5.42. The van der Waals surface area contributed by atoms with Crippen LogP contribution in [0.3, 0.4) is 0 Å². The van der Waals surface area contributed by atoms with E-state index in [0.717, 1.165) is 12.1 Å². The van der Waals surface area contributed by atoms with Crippen LogP contribution in [0.2, 0.25) is 0 Å². The summed E-state index contributed by atoms with van der Waals surface area (Å²) in [4.78, 5) is 16.4. The van der Waals surface area contributed by atoms with E-state index in [4.69, 9.17) is 0 Å². The van der Waals surface area contributed by atoms with Crippen molar-refractivity contribution in [3.63, 3.8) is 0 Å². The lowest BCUT2D eigenvalue weighted by atomic mass is 10.2. The number of hydrogen-bond acceptors (Lipinski definition) is 5. The SMILES string of the molecule is Cc1cc(NS(=O)(=O)c2ccc(F)c(F)c2)cc2sc(NC(=O)c3ccccc3)nc12. The van der Waals surface area contributed by atoms with E-state index in [9.17, 15) is 22.0 Å². The lowest BCUT2D eigenvalue weighted by molar-refractivity contribution is 0.102. The highest BCUT2D eigenvalue weighted by Gasteiger charge is 2.18. The number of fused-ring (bicyclic) bond motifs is 1. The molecule has 0 atom stereocenters. The number of halogens is 2. The van der Waals surface area contributed by atoms with E-state index in [1.807, 2.05) is 0 Å².